The van der Waals surface area contributed by atoms with E-state index >= 15 is 0 Å². The van der Waals surface area contributed by atoms with Crippen molar-refractivity contribution in [2.75, 3.05) is 13.1 Å². The van der Waals surface area contributed by atoms with E-state index in [2.05, 4.69) is 17.3 Å². The molecular weight excluding hydrogens is 288 g/mol. The Balaban J connectivity index is 0.00000400. The lowest BCUT2D eigenvalue weighted by molar-refractivity contribution is -0.121. The van der Waals surface area contributed by atoms with Crippen molar-refractivity contribution in [1.29, 1.82) is 0 Å². The SMILES string of the molecule is Cc1nn(C)c(C)c1CCNC(=O)CCCCCCN.Cl. The van der Waals surface area contributed by atoms with Crippen molar-refractivity contribution < 1.29 is 4.79 Å². The summed E-state index contributed by atoms with van der Waals surface area (Å²) < 4.78 is 1.89. The number of nitrogens with two attached hydrogens (primary N) is 1. The average molecular weight is 317 g/mol. The highest BCUT2D eigenvalue weighted by atomic mass is 35.5. The molecule has 6 heteroatoms. The predicted octanol–water partition coefficient (Wildman–Crippen LogP) is 2.03. The quantitative estimate of drug-likeness (QED) is 0.685. The van der Waals surface area contributed by atoms with E-state index in [-0.39, 0.29) is 18.3 Å². The average Bonchev–Trinajstić information content (AvgIpc) is 2.65. The summed E-state index contributed by atoms with van der Waals surface area (Å²) in [6.45, 7) is 5.52. The second kappa shape index (κ2) is 10.6. The topological polar surface area (TPSA) is 72.9 Å². The minimum absolute atomic E-state index is 0. The van der Waals surface area contributed by atoms with Gasteiger partial charge in [-0.15, -0.1) is 12.4 Å². The standard InChI is InChI=1S/C15H28N4O.ClH/c1-12-14(13(2)19(3)18-12)9-11-17-15(20)8-6-4-5-7-10-16;/h4-11,16H2,1-3H3,(H,17,20);1H. The molecule has 0 aliphatic carbocycles. The minimum atomic E-state index is 0. The highest BCUT2D eigenvalue weighted by Crippen LogP contribution is 2.11. The van der Waals surface area contributed by atoms with E-state index in [0.717, 1.165) is 44.3 Å². The van der Waals surface area contributed by atoms with E-state index in [1.165, 1.54) is 11.3 Å². The Morgan fingerprint density at radius 2 is 1.90 bits per heavy atom. The zero-order valence-corrected chi connectivity index (χ0v) is 14.3. The molecule has 122 valence electrons. The van der Waals surface area contributed by atoms with Crippen molar-refractivity contribution in [2.45, 2.75) is 52.4 Å². The Labute approximate surface area is 134 Å². The van der Waals surface area contributed by atoms with Crippen LogP contribution in [-0.4, -0.2) is 28.8 Å². The number of unbranched alkanes of at least 4 members (excludes halogenated alkanes) is 3. The van der Waals surface area contributed by atoms with Crippen LogP contribution < -0.4 is 11.1 Å². The smallest absolute Gasteiger partial charge is 0.220 e. The molecule has 0 fully saturated rings. The maximum absolute atomic E-state index is 11.7. The highest BCUT2D eigenvalue weighted by molar-refractivity contribution is 5.85. The molecule has 0 spiro atoms. The number of aromatic nitrogens is 2. The molecule has 0 unspecified atom stereocenters. The molecule has 0 aromatic carbocycles. The van der Waals surface area contributed by atoms with Gasteiger partial charge in [0.25, 0.3) is 0 Å². The summed E-state index contributed by atoms with van der Waals surface area (Å²) in [5.74, 6) is 0.150. The summed E-state index contributed by atoms with van der Waals surface area (Å²) in [4.78, 5) is 11.7. The molecule has 0 bridgehead atoms. The second-order valence-electron chi connectivity index (χ2n) is 5.33. The zero-order valence-electron chi connectivity index (χ0n) is 13.4. The van der Waals surface area contributed by atoms with Gasteiger partial charge in [0.15, 0.2) is 0 Å². The van der Waals surface area contributed by atoms with Crippen LogP contribution in [0.25, 0.3) is 0 Å². The summed E-state index contributed by atoms with van der Waals surface area (Å²) >= 11 is 0. The molecule has 1 amide bonds. The first kappa shape index (κ1) is 19.9. The summed E-state index contributed by atoms with van der Waals surface area (Å²) in [5.41, 5.74) is 8.91. The Hall–Kier alpha value is -1.07. The number of hydrogen-bond donors (Lipinski definition) is 2. The lowest BCUT2D eigenvalue weighted by atomic mass is 10.1. The van der Waals surface area contributed by atoms with Gasteiger partial charge in [0, 0.05) is 25.7 Å². The number of amides is 1. The number of aryl methyl sites for hydroxylation is 2. The number of nitrogens with one attached hydrogen (secondary N) is 1. The normalized spacial score (nSPS) is 10.3. The van der Waals surface area contributed by atoms with Crippen LogP contribution in [-0.2, 0) is 18.3 Å². The fourth-order valence-corrected chi connectivity index (χ4v) is 2.38. The van der Waals surface area contributed by atoms with E-state index in [4.69, 9.17) is 5.73 Å². The molecular formula is C15H29ClN4O. The summed E-state index contributed by atoms with van der Waals surface area (Å²) in [6.07, 6.45) is 5.70. The third-order valence-corrected chi connectivity index (χ3v) is 3.71. The molecule has 0 aliphatic rings. The summed E-state index contributed by atoms with van der Waals surface area (Å²) in [5, 5.41) is 7.37. The number of carbonyl (C=O) groups excluding carboxylic acids is 1. The highest BCUT2D eigenvalue weighted by Gasteiger charge is 2.09. The van der Waals surface area contributed by atoms with Crippen LogP contribution >= 0.6 is 12.4 Å². The van der Waals surface area contributed by atoms with Crippen LogP contribution in [0.3, 0.4) is 0 Å². The molecule has 0 radical (unpaired) electrons. The van der Waals surface area contributed by atoms with Crippen LogP contribution in [0.5, 0.6) is 0 Å². The molecule has 1 aromatic rings. The van der Waals surface area contributed by atoms with Gasteiger partial charge >= 0.3 is 0 Å². The molecule has 3 N–H and O–H groups in total. The fraction of sp³-hybridized carbons (Fsp3) is 0.733. The minimum Gasteiger partial charge on any atom is -0.356 e. The van der Waals surface area contributed by atoms with Crippen LogP contribution in [0.4, 0.5) is 0 Å². The van der Waals surface area contributed by atoms with Crippen molar-refractivity contribution >= 4 is 18.3 Å². The monoisotopic (exact) mass is 316 g/mol. The Bertz CT molecular complexity index is 432. The molecule has 21 heavy (non-hydrogen) atoms. The van der Waals surface area contributed by atoms with E-state index in [1.54, 1.807) is 0 Å². The molecule has 1 aromatic heterocycles. The van der Waals surface area contributed by atoms with E-state index in [0.29, 0.717) is 13.0 Å². The lowest BCUT2D eigenvalue weighted by Crippen LogP contribution is -2.25. The molecule has 5 nitrogen and oxygen atoms in total. The van der Waals surface area contributed by atoms with Crippen molar-refractivity contribution in [3.05, 3.63) is 17.0 Å². The third kappa shape index (κ3) is 6.96. The van der Waals surface area contributed by atoms with Crippen LogP contribution in [0.15, 0.2) is 0 Å². The third-order valence-electron chi connectivity index (χ3n) is 3.71. The Morgan fingerprint density at radius 1 is 1.24 bits per heavy atom. The van der Waals surface area contributed by atoms with Gasteiger partial charge in [0.05, 0.1) is 5.69 Å². The van der Waals surface area contributed by atoms with Crippen LogP contribution in [0.2, 0.25) is 0 Å². The number of nitrogens with zero attached hydrogens (tertiary/aromatic N) is 2. The van der Waals surface area contributed by atoms with Gasteiger partial charge in [0.1, 0.15) is 0 Å². The van der Waals surface area contributed by atoms with Gasteiger partial charge in [-0.3, -0.25) is 9.48 Å². The van der Waals surface area contributed by atoms with Gasteiger partial charge in [-0.2, -0.15) is 5.10 Å². The first-order valence-corrected chi connectivity index (χ1v) is 7.52. The molecule has 0 atom stereocenters. The van der Waals surface area contributed by atoms with Crippen molar-refractivity contribution in [1.82, 2.24) is 15.1 Å². The lowest BCUT2D eigenvalue weighted by Gasteiger charge is -2.06. The molecule has 0 saturated heterocycles. The number of carbonyl (C=O) groups is 1. The zero-order chi connectivity index (χ0) is 15.0. The number of halogens is 1. The Kier molecular flexibility index (Phi) is 10.1. The van der Waals surface area contributed by atoms with Gasteiger partial charge in [-0.25, -0.2) is 0 Å². The van der Waals surface area contributed by atoms with Crippen molar-refractivity contribution in [2.24, 2.45) is 12.8 Å². The van der Waals surface area contributed by atoms with Crippen molar-refractivity contribution in [3.63, 3.8) is 0 Å². The molecule has 0 aliphatic heterocycles. The largest absolute Gasteiger partial charge is 0.356 e. The predicted molar refractivity (Wildman–Crippen MR) is 88.8 cm³/mol. The van der Waals surface area contributed by atoms with Crippen LogP contribution in [0.1, 0.15) is 49.1 Å². The number of hydrogen-bond acceptors (Lipinski definition) is 3. The van der Waals surface area contributed by atoms with Gasteiger partial charge in [-0.05, 0) is 45.2 Å². The molecule has 0 saturated carbocycles. The van der Waals surface area contributed by atoms with Crippen LogP contribution in [0, 0.1) is 13.8 Å². The summed E-state index contributed by atoms with van der Waals surface area (Å²) in [7, 11) is 1.95. The van der Waals surface area contributed by atoms with Gasteiger partial charge in [-0.1, -0.05) is 12.8 Å². The summed E-state index contributed by atoms with van der Waals surface area (Å²) in [6, 6.07) is 0. The number of rotatable bonds is 9. The van der Waals surface area contributed by atoms with E-state index in [9.17, 15) is 4.79 Å². The maximum atomic E-state index is 11.7. The van der Waals surface area contributed by atoms with Gasteiger partial charge in [0.2, 0.25) is 5.91 Å². The van der Waals surface area contributed by atoms with Gasteiger partial charge < -0.3 is 11.1 Å². The molecule has 1 rings (SSSR count). The van der Waals surface area contributed by atoms with Crippen molar-refractivity contribution in [3.8, 4) is 0 Å². The fourth-order valence-electron chi connectivity index (χ4n) is 2.38. The van der Waals surface area contributed by atoms with E-state index < -0.39 is 0 Å². The first-order chi connectivity index (χ1) is 9.56. The Morgan fingerprint density at radius 3 is 2.48 bits per heavy atom. The first-order valence-electron chi connectivity index (χ1n) is 7.52. The van der Waals surface area contributed by atoms with E-state index in [1.807, 2.05) is 18.7 Å². The second-order valence-corrected chi connectivity index (χ2v) is 5.33. The maximum Gasteiger partial charge on any atom is 0.220 e. The molecule has 1 heterocycles.